The number of nitrogens with one attached hydrogen (secondary N) is 2. The molecule has 0 radical (unpaired) electrons. The number of aryl methyl sites for hydroxylation is 1. The van der Waals surface area contributed by atoms with Gasteiger partial charge in [0.2, 0.25) is 5.95 Å². The van der Waals surface area contributed by atoms with E-state index in [1.165, 1.54) is 42.5 Å². The van der Waals surface area contributed by atoms with Gasteiger partial charge in [-0.1, -0.05) is 18.2 Å². The molecule has 0 saturated carbocycles. The van der Waals surface area contributed by atoms with Gasteiger partial charge in [0.05, 0.1) is 11.3 Å². The molecule has 0 aliphatic rings. The topological polar surface area (TPSA) is 66.9 Å². The fraction of sp³-hybridized carbons (Fsp3) is 0.105. The van der Waals surface area contributed by atoms with Crippen LogP contribution in [0.2, 0.25) is 0 Å². The third kappa shape index (κ3) is 4.61. The Morgan fingerprint density at radius 2 is 1.75 bits per heavy atom. The lowest BCUT2D eigenvalue weighted by molar-refractivity contribution is -0.136. The van der Waals surface area contributed by atoms with Gasteiger partial charge in [-0.15, -0.1) is 0 Å². The minimum absolute atomic E-state index is 0.0799. The van der Waals surface area contributed by atoms with Crippen molar-refractivity contribution in [3.63, 3.8) is 0 Å². The number of benzene rings is 2. The van der Waals surface area contributed by atoms with Crippen molar-refractivity contribution >= 4 is 23.2 Å². The van der Waals surface area contributed by atoms with E-state index in [1.807, 2.05) is 0 Å². The highest BCUT2D eigenvalue weighted by Gasteiger charge is 2.33. The lowest BCUT2D eigenvalue weighted by atomic mass is 10.1. The second kappa shape index (κ2) is 7.63. The SMILES string of the molecule is Cc1cc(C(=O)Nc2cccc(F)c2)nc(Nc2ccccc2C(F)(F)F)n1. The Morgan fingerprint density at radius 3 is 2.46 bits per heavy atom. The van der Waals surface area contributed by atoms with Gasteiger partial charge in [0.15, 0.2) is 0 Å². The highest BCUT2D eigenvalue weighted by atomic mass is 19.4. The Kier molecular flexibility index (Phi) is 5.25. The van der Waals surface area contributed by atoms with E-state index in [1.54, 1.807) is 6.92 Å². The number of alkyl halides is 3. The molecule has 1 aromatic heterocycles. The molecule has 3 rings (SSSR count). The van der Waals surface area contributed by atoms with Crippen LogP contribution < -0.4 is 10.6 Å². The maximum absolute atomic E-state index is 13.2. The van der Waals surface area contributed by atoms with Crippen molar-refractivity contribution in [2.24, 2.45) is 0 Å². The predicted octanol–water partition coefficient (Wildman–Crippen LogP) is 4.94. The molecule has 0 aliphatic carbocycles. The smallest absolute Gasteiger partial charge is 0.324 e. The summed E-state index contributed by atoms with van der Waals surface area (Å²) in [7, 11) is 0. The minimum Gasteiger partial charge on any atom is -0.324 e. The Balaban J connectivity index is 1.87. The van der Waals surface area contributed by atoms with E-state index < -0.39 is 23.5 Å². The zero-order valence-corrected chi connectivity index (χ0v) is 14.5. The normalized spacial score (nSPS) is 11.2. The van der Waals surface area contributed by atoms with Crippen LogP contribution in [0.25, 0.3) is 0 Å². The second-order valence-corrected chi connectivity index (χ2v) is 5.85. The summed E-state index contributed by atoms with van der Waals surface area (Å²) in [5, 5.41) is 4.98. The van der Waals surface area contributed by atoms with Crippen molar-refractivity contribution in [1.29, 1.82) is 0 Å². The van der Waals surface area contributed by atoms with E-state index in [2.05, 4.69) is 20.6 Å². The number of para-hydroxylation sites is 1. The van der Waals surface area contributed by atoms with E-state index in [-0.39, 0.29) is 23.0 Å². The number of anilines is 3. The number of halogens is 4. The Bertz CT molecular complexity index is 1020. The van der Waals surface area contributed by atoms with E-state index in [4.69, 9.17) is 0 Å². The standard InChI is InChI=1S/C19H14F4N4O/c1-11-9-16(17(28)25-13-6-4-5-12(20)10-13)27-18(24-11)26-15-8-3-2-7-14(15)19(21,22)23/h2-10H,1H3,(H,25,28)(H,24,26,27). The molecular weight excluding hydrogens is 376 g/mol. The van der Waals surface area contributed by atoms with Gasteiger partial charge in [-0.3, -0.25) is 4.79 Å². The fourth-order valence-corrected chi connectivity index (χ4v) is 2.46. The van der Waals surface area contributed by atoms with Gasteiger partial charge in [-0.05, 0) is 43.3 Å². The highest BCUT2D eigenvalue weighted by molar-refractivity contribution is 6.03. The summed E-state index contributed by atoms with van der Waals surface area (Å²) in [4.78, 5) is 20.4. The quantitative estimate of drug-likeness (QED) is 0.620. The van der Waals surface area contributed by atoms with Crippen molar-refractivity contribution < 1.29 is 22.4 Å². The third-order valence-corrected chi connectivity index (χ3v) is 3.65. The van der Waals surface area contributed by atoms with Crippen LogP contribution in [0.4, 0.5) is 34.9 Å². The minimum atomic E-state index is -4.56. The molecule has 0 spiro atoms. The first kappa shape index (κ1) is 19.3. The van der Waals surface area contributed by atoms with Crippen molar-refractivity contribution in [3.8, 4) is 0 Å². The van der Waals surface area contributed by atoms with Gasteiger partial charge in [0, 0.05) is 11.4 Å². The summed E-state index contributed by atoms with van der Waals surface area (Å²) < 4.78 is 52.7. The molecule has 5 nitrogen and oxygen atoms in total. The number of amides is 1. The van der Waals surface area contributed by atoms with Crippen LogP contribution in [-0.4, -0.2) is 15.9 Å². The summed E-state index contributed by atoms with van der Waals surface area (Å²) in [6, 6.07) is 11.5. The average Bonchev–Trinajstić information content (AvgIpc) is 2.61. The van der Waals surface area contributed by atoms with Crippen molar-refractivity contribution in [2.45, 2.75) is 13.1 Å². The summed E-state index contributed by atoms with van der Waals surface area (Å²) in [5.41, 5.74) is -0.615. The second-order valence-electron chi connectivity index (χ2n) is 5.85. The van der Waals surface area contributed by atoms with Crippen LogP contribution >= 0.6 is 0 Å². The summed E-state index contributed by atoms with van der Waals surface area (Å²) >= 11 is 0. The average molecular weight is 390 g/mol. The highest BCUT2D eigenvalue weighted by Crippen LogP contribution is 2.35. The molecule has 0 atom stereocenters. The van der Waals surface area contributed by atoms with Crippen molar-refractivity contribution in [1.82, 2.24) is 9.97 Å². The lowest BCUT2D eigenvalue weighted by Gasteiger charge is -2.14. The maximum atomic E-state index is 13.2. The zero-order valence-electron chi connectivity index (χ0n) is 14.5. The van der Waals surface area contributed by atoms with E-state index in [9.17, 15) is 22.4 Å². The predicted molar refractivity (Wildman–Crippen MR) is 95.8 cm³/mol. The number of carbonyl (C=O) groups excluding carboxylic acids is 1. The molecule has 144 valence electrons. The first-order valence-electron chi connectivity index (χ1n) is 8.08. The molecule has 28 heavy (non-hydrogen) atoms. The molecule has 0 saturated heterocycles. The van der Waals surface area contributed by atoms with Crippen LogP contribution in [0.3, 0.4) is 0 Å². The molecule has 0 aliphatic heterocycles. The molecule has 1 heterocycles. The summed E-state index contributed by atoms with van der Waals surface area (Å²) in [5.74, 6) is -1.34. The molecular formula is C19H14F4N4O. The maximum Gasteiger partial charge on any atom is 0.418 e. The van der Waals surface area contributed by atoms with Gasteiger partial charge in [-0.25, -0.2) is 14.4 Å². The van der Waals surface area contributed by atoms with Gasteiger partial charge >= 0.3 is 6.18 Å². The monoisotopic (exact) mass is 390 g/mol. The van der Waals surface area contributed by atoms with Gasteiger partial charge in [0.1, 0.15) is 11.5 Å². The van der Waals surface area contributed by atoms with Gasteiger partial charge in [-0.2, -0.15) is 13.2 Å². The molecule has 0 bridgehead atoms. The van der Waals surface area contributed by atoms with Crippen LogP contribution in [0, 0.1) is 12.7 Å². The number of aromatic nitrogens is 2. The van der Waals surface area contributed by atoms with Crippen LogP contribution in [0.5, 0.6) is 0 Å². The Morgan fingerprint density at radius 1 is 1.00 bits per heavy atom. The van der Waals surface area contributed by atoms with Gasteiger partial charge in [0.25, 0.3) is 5.91 Å². The number of rotatable bonds is 4. The number of nitrogens with zero attached hydrogens (tertiary/aromatic N) is 2. The van der Waals surface area contributed by atoms with E-state index >= 15 is 0 Å². The molecule has 9 heteroatoms. The largest absolute Gasteiger partial charge is 0.418 e. The Labute approximate surface area is 157 Å². The first-order valence-corrected chi connectivity index (χ1v) is 8.08. The van der Waals surface area contributed by atoms with E-state index in [0.717, 1.165) is 12.1 Å². The van der Waals surface area contributed by atoms with Crippen LogP contribution in [0.15, 0.2) is 54.6 Å². The summed E-state index contributed by atoms with van der Waals surface area (Å²) in [6.45, 7) is 1.57. The molecule has 3 aromatic rings. The fourth-order valence-electron chi connectivity index (χ4n) is 2.46. The Hall–Kier alpha value is -3.49. The number of hydrogen-bond donors (Lipinski definition) is 2. The molecule has 0 unspecified atom stereocenters. The molecule has 1 amide bonds. The van der Waals surface area contributed by atoms with Crippen LogP contribution in [-0.2, 0) is 6.18 Å². The summed E-state index contributed by atoms with van der Waals surface area (Å²) in [6.07, 6.45) is -4.56. The number of hydrogen-bond acceptors (Lipinski definition) is 4. The van der Waals surface area contributed by atoms with E-state index in [0.29, 0.717) is 5.69 Å². The van der Waals surface area contributed by atoms with Gasteiger partial charge < -0.3 is 10.6 Å². The first-order chi connectivity index (χ1) is 13.2. The lowest BCUT2D eigenvalue weighted by Crippen LogP contribution is -2.16. The zero-order chi connectivity index (χ0) is 20.3. The molecule has 2 N–H and O–H groups in total. The third-order valence-electron chi connectivity index (χ3n) is 3.65. The van der Waals surface area contributed by atoms with Crippen molar-refractivity contribution in [2.75, 3.05) is 10.6 Å². The number of carbonyl (C=O) groups is 1. The van der Waals surface area contributed by atoms with Crippen LogP contribution in [0.1, 0.15) is 21.7 Å². The van der Waals surface area contributed by atoms with Crippen molar-refractivity contribution in [3.05, 3.63) is 77.4 Å². The molecule has 2 aromatic carbocycles. The molecule has 0 fully saturated rings.